The molecule has 0 saturated carbocycles. The van der Waals surface area contributed by atoms with Crippen LogP contribution in [0.1, 0.15) is 51.3 Å². The fraction of sp³-hybridized carbons (Fsp3) is 0.400. The molecule has 0 bridgehead atoms. The Morgan fingerprint density at radius 2 is 1.88 bits per heavy atom. The SMILES string of the molecule is CCCCc1c(Cl)n(CCC(C)C)c(=O)n1Cc1ccc(-c2ccccc2-c2nn[nH]n2)nc1. The minimum Gasteiger partial charge on any atom is -0.290 e. The van der Waals surface area contributed by atoms with Gasteiger partial charge in [0.15, 0.2) is 0 Å². The molecular formula is C25H30ClN7O. The topological polar surface area (TPSA) is 94.3 Å². The smallest absolute Gasteiger partial charge is 0.290 e. The van der Waals surface area contributed by atoms with Crippen LogP contribution in [0.5, 0.6) is 0 Å². The molecule has 0 aliphatic carbocycles. The van der Waals surface area contributed by atoms with Crippen LogP contribution in [-0.4, -0.2) is 34.7 Å². The Kier molecular flexibility index (Phi) is 7.57. The molecule has 0 spiro atoms. The largest absolute Gasteiger partial charge is 0.329 e. The fourth-order valence-electron chi connectivity index (χ4n) is 3.98. The van der Waals surface area contributed by atoms with Gasteiger partial charge in [-0.3, -0.25) is 14.1 Å². The van der Waals surface area contributed by atoms with Gasteiger partial charge >= 0.3 is 5.69 Å². The van der Waals surface area contributed by atoms with Crippen molar-refractivity contribution in [3.05, 3.63) is 69.5 Å². The minimum absolute atomic E-state index is 0.0525. The predicted molar refractivity (Wildman–Crippen MR) is 134 cm³/mol. The second-order valence-electron chi connectivity index (χ2n) is 8.88. The molecule has 0 aliphatic rings. The van der Waals surface area contributed by atoms with Crippen molar-refractivity contribution in [3.63, 3.8) is 0 Å². The molecule has 0 radical (unpaired) electrons. The first-order chi connectivity index (χ1) is 16.5. The summed E-state index contributed by atoms with van der Waals surface area (Å²) >= 11 is 6.70. The van der Waals surface area contributed by atoms with Gasteiger partial charge in [-0.25, -0.2) is 4.79 Å². The number of rotatable bonds is 10. The Balaban J connectivity index is 1.63. The van der Waals surface area contributed by atoms with E-state index >= 15 is 0 Å². The molecule has 0 unspecified atom stereocenters. The van der Waals surface area contributed by atoms with Crippen LogP contribution in [0.2, 0.25) is 5.15 Å². The van der Waals surface area contributed by atoms with E-state index in [0.29, 0.717) is 30.0 Å². The second-order valence-corrected chi connectivity index (χ2v) is 9.23. The van der Waals surface area contributed by atoms with Crippen molar-refractivity contribution in [1.82, 2.24) is 34.7 Å². The Hall–Kier alpha value is -3.26. The molecule has 1 aromatic carbocycles. The van der Waals surface area contributed by atoms with Gasteiger partial charge in [0.2, 0.25) is 5.82 Å². The first-order valence-corrected chi connectivity index (χ1v) is 12.1. The number of unbranched alkanes of at least 4 members (excludes halogenated alkanes) is 1. The summed E-state index contributed by atoms with van der Waals surface area (Å²) in [6, 6.07) is 11.8. The number of pyridine rings is 1. The van der Waals surface area contributed by atoms with Crippen molar-refractivity contribution < 1.29 is 0 Å². The Bertz CT molecular complexity index is 1270. The van der Waals surface area contributed by atoms with Crippen molar-refractivity contribution in [1.29, 1.82) is 0 Å². The number of hydrogen-bond donors (Lipinski definition) is 1. The lowest BCUT2D eigenvalue weighted by atomic mass is 10.0. The number of hydrogen-bond acceptors (Lipinski definition) is 5. The number of tetrazole rings is 1. The molecule has 4 rings (SSSR count). The van der Waals surface area contributed by atoms with Crippen LogP contribution in [0.3, 0.4) is 0 Å². The molecule has 34 heavy (non-hydrogen) atoms. The van der Waals surface area contributed by atoms with Crippen LogP contribution >= 0.6 is 11.6 Å². The highest BCUT2D eigenvalue weighted by atomic mass is 35.5. The van der Waals surface area contributed by atoms with E-state index in [1.54, 1.807) is 4.57 Å². The molecule has 3 heterocycles. The predicted octanol–water partition coefficient (Wildman–Crippen LogP) is 4.98. The Morgan fingerprint density at radius 1 is 1.09 bits per heavy atom. The quantitative estimate of drug-likeness (QED) is 0.346. The fourth-order valence-corrected chi connectivity index (χ4v) is 4.33. The third-order valence-electron chi connectivity index (χ3n) is 5.91. The van der Waals surface area contributed by atoms with Crippen LogP contribution in [-0.2, 0) is 19.5 Å². The maximum atomic E-state index is 13.3. The molecule has 4 aromatic rings. The molecule has 0 saturated heterocycles. The van der Waals surface area contributed by atoms with Crippen LogP contribution < -0.4 is 5.69 Å². The summed E-state index contributed by atoms with van der Waals surface area (Å²) in [5, 5.41) is 14.9. The maximum Gasteiger partial charge on any atom is 0.329 e. The Labute approximate surface area is 204 Å². The lowest BCUT2D eigenvalue weighted by Gasteiger charge is -2.09. The summed E-state index contributed by atoms with van der Waals surface area (Å²) in [5.74, 6) is 1.02. The van der Waals surface area contributed by atoms with E-state index in [2.05, 4.69) is 46.4 Å². The number of benzene rings is 1. The summed E-state index contributed by atoms with van der Waals surface area (Å²) in [7, 11) is 0. The standard InChI is InChI=1S/C25H30ClN7O/c1-4-5-10-22-23(26)32(14-13-17(2)3)25(34)33(22)16-18-11-12-21(27-15-18)19-8-6-7-9-20(19)24-28-30-31-29-24/h6-9,11-12,15,17H,4-5,10,13-14,16H2,1-3H3,(H,28,29,30,31). The minimum atomic E-state index is -0.0525. The van der Waals surface area contributed by atoms with Crippen LogP contribution in [0.25, 0.3) is 22.6 Å². The van der Waals surface area contributed by atoms with Crippen molar-refractivity contribution >= 4 is 11.6 Å². The van der Waals surface area contributed by atoms with Crippen molar-refractivity contribution in [2.75, 3.05) is 0 Å². The summed E-state index contributed by atoms with van der Waals surface area (Å²) in [6.07, 6.45) is 5.53. The molecule has 1 N–H and O–H groups in total. The van der Waals surface area contributed by atoms with Gasteiger partial charge in [0, 0.05) is 23.9 Å². The van der Waals surface area contributed by atoms with Gasteiger partial charge in [-0.05, 0) is 42.0 Å². The summed E-state index contributed by atoms with van der Waals surface area (Å²) in [4.78, 5) is 17.9. The number of aromatic amines is 1. The number of H-pyrrole nitrogens is 1. The first kappa shape index (κ1) is 23.9. The molecule has 0 amide bonds. The zero-order valence-corrected chi connectivity index (χ0v) is 20.6. The molecule has 9 heteroatoms. The van der Waals surface area contributed by atoms with Crippen LogP contribution in [0.15, 0.2) is 47.4 Å². The number of nitrogens with zero attached hydrogens (tertiary/aromatic N) is 6. The molecule has 3 aromatic heterocycles. The zero-order chi connectivity index (χ0) is 24.1. The van der Waals surface area contributed by atoms with Gasteiger partial charge in [0.05, 0.1) is 17.9 Å². The van der Waals surface area contributed by atoms with Crippen molar-refractivity contribution in [3.8, 4) is 22.6 Å². The van der Waals surface area contributed by atoms with E-state index in [1.165, 1.54) is 0 Å². The average molecular weight is 480 g/mol. The van der Waals surface area contributed by atoms with Gasteiger partial charge in [-0.15, -0.1) is 10.2 Å². The molecule has 0 fully saturated rings. The summed E-state index contributed by atoms with van der Waals surface area (Å²) < 4.78 is 3.53. The molecule has 178 valence electrons. The van der Waals surface area contributed by atoms with E-state index in [9.17, 15) is 4.79 Å². The number of imidazole rings is 1. The van der Waals surface area contributed by atoms with Crippen molar-refractivity contribution in [2.45, 2.75) is 59.5 Å². The third-order valence-corrected chi connectivity index (χ3v) is 6.34. The van der Waals surface area contributed by atoms with Crippen LogP contribution in [0, 0.1) is 5.92 Å². The lowest BCUT2D eigenvalue weighted by Crippen LogP contribution is -2.26. The van der Waals surface area contributed by atoms with E-state index < -0.39 is 0 Å². The van der Waals surface area contributed by atoms with Gasteiger partial charge in [-0.2, -0.15) is 5.21 Å². The highest BCUT2D eigenvalue weighted by Gasteiger charge is 2.19. The molecule has 0 atom stereocenters. The monoisotopic (exact) mass is 479 g/mol. The molecule has 8 nitrogen and oxygen atoms in total. The van der Waals surface area contributed by atoms with Gasteiger partial charge in [0.1, 0.15) is 5.15 Å². The highest BCUT2D eigenvalue weighted by Crippen LogP contribution is 2.28. The Morgan fingerprint density at radius 3 is 2.53 bits per heavy atom. The highest BCUT2D eigenvalue weighted by molar-refractivity contribution is 6.30. The number of halogens is 1. The summed E-state index contributed by atoms with van der Waals surface area (Å²) in [5.41, 5.74) is 4.36. The van der Waals surface area contributed by atoms with Crippen molar-refractivity contribution in [2.24, 2.45) is 5.92 Å². The normalized spacial score (nSPS) is 11.4. The van der Waals surface area contributed by atoms with Gasteiger partial charge in [-0.1, -0.05) is 69.1 Å². The van der Waals surface area contributed by atoms with Crippen LogP contribution in [0.4, 0.5) is 0 Å². The van der Waals surface area contributed by atoms with E-state index in [4.69, 9.17) is 11.6 Å². The second kappa shape index (κ2) is 10.8. The molecular weight excluding hydrogens is 450 g/mol. The zero-order valence-electron chi connectivity index (χ0n) is 19.8. The van der Waals surface area contributed by atoms with E-state index in [0.717, 1.165) is 53.8 Å². The molecule has 0 aliphatic heterocycles. The lowest BCUT2D eigenvalue weighted by molar-refractivity contribution is 0.503. The number of nitrogens with one attached hydrogen (secondary N) is 1. The summed E-state index contributed by atoms with van der Waals surface area (Å²) in [6.45, 7) is 7.51. The van der Waals surface area contributed by atoms with Gasteiger partial charge < -0.3 is 0 Å². The number of aromatic nitrogens is 7. The van der Waals surface area contributed by atoms with Gasteiger partial charge in [0.25, 0.3) is 0 Å². The third kappa shape index (κ3) is 5.12. The van der Waals surface area contributed by atoms with E-state index in [-0.39, 0.29) is 5.69 Å². The average Bonchev–Trinajstić information content (AvgIpc) is 3.45. The van der Waals surface area contributed by atoms with E-state index in [1.807, 2.05) is 47.2 Å². The maximum absolute atomic E-state index is 13.3. The first-order valence-electron chi connectivity index (χ1n) is 11.8.